The van der Waals surface area contributed by atoms with Crippen LogP contribution in [0.15, 0.2) is 10.9 Å². The Kier molecular flexibility index (Phi) is 4.77. The van der Waals surface area contributed by atoms with Gasteiger partial charge in [0.25, 0.3) is 0 Å². The fraction of sp³-hybridized carbons (Fsp3) is 0.750. The summed E-state index contributed by atoms with van der Waals surface area (Å²) in [6.45, 7) is 5.40. The number of piperazine rings is 1. The monoisotopic (exact) mass is 315 g/mol. The minimum absolute atomic E-state index is 0.347. The van der Waals surface area contributed by atoms with Crippen molar-refractivity contribution in [3.8, 4) is 0 Å². The zero-order valence-corrected chi connectivity index (χ0v) is 12.9. The Hall–Kier alpha value is -0.430. The maximum absolute atomic E-state index is 4.55. The molecule has 1 saturated heterocycles. The number of halogens is 1. The quantitative estimate of drug-likeness (QED) is 0.887. The van der Waals surface area contributed by atoms with Gasteiger partial charge in [0, 0.05) is 39.8 Å². The fourth-order valence-electron chi connectivity index (χ4n) is 2.38. The summed E-state index contributed by atoms with van der Waals surface area (Å²) >= 11 is 3.63. The van der Waals surface area contributed by atoms with Crippen molar-refractivity contribution in [2.24, 2.45) is 7.05 Å². The first-order valence-electron chi connectivity index (χ1n) is 6.37. The number of nitrogens with zero attached hydrogens (tertiary/aromatic N) is 4. The summed E-state index contributed by atoms with van der Waals surface area (Å²) < 4.78 is 3.11. The van der Waals surface area contributed by atoms with E-state index in [1.807, 2.05) is 25.0 Å². The fourth-order valence-corrected chi connectivity index (χ4v) is 2.84. The van der Waals surface area contributed by atoms with Crippen LogP contribution in [0.2, 0.25) is 0 Å². The SMILES string of the molecule is CNCC(c1ncn(C)c1Br)N1CCN(C)CC1. The molecule has 6 heteroatoms. The normalized spacial score (nSPS) is 20.2. The van der Waals surface area contributed by atoms with Gasteiger partial charge in [-0.2, -0.15) is 0 Å². The van der Waals surface area contributed by atoms with Crippen LogP contribution in [-0.2, 0) is 7.05 Å². The highest BCUT2D eigenvalue weighted by Crippen LogP contribution is 2.26. The smallest absolute Gasteiger partial charge is 0.109 e. The van der Waals surface area contributed by atoms with Gasteiger partial charge >= 0.3 is 0 Å². The molecule has 1 N–H and O–H groups in total. The third-order valence-corrected chi connectivity index (χ3v) is 4.55. The van der Waals surface area contributed by atoms with Crippen molar-refractivity contribution >= 4 is 15.9 Å². The number of likely N-dealkylation sites (N-methyl/N-ethyl adjacent to an activating group) is 2. The summed E-state index contributed by atoms with van der Waals surface area (Å²) in [6, 6.07) is 0.347. The number of hydrogen-bond acceptors (Lipinski definition) is 4. The second kappa shape index (κ2) is 6.14. The lowest BCUT2D eigenvalue weighted by Gasteiger charge is -2.37. The Labute approximate surface area is 117 Å². The molecule has 0 saturated carbocycles. The number of nitrogens with one attached hydrogen (secondary N) is 1. The molecular weight excluding hydrogens is 294 g/mol. The minimum atomic E-state index is 0.347. The number of rotatable bonds is 4. The predicted octanol–water partition coefficient (Wildman–Crippen LogP) is 0.690. The molecule has 0 bridgehead atoms. The molecule has 0 aromatic carbocycles. The molecule has 1 aromatic rings. The van der Waals surface area contributed by atoms with Crippen LogP contribution in [0, 0.1) is 0 Å². The van der Waals surface area contributed by atoms with Gasteiger partial charge in [0.1, 0.15) is 4.60 Å². The lowest BCUT2D eigenvalue weighted by molar-refractivity contribution is 0.109. The summed E-state index contributed by atoms with van der Waals surface area (Å²) in [4.78, 5) is 9.44. The molecule has 0 aliphatic carbocycles. The van der Waals surface area contributed by atoms with E-state index >= 15 is 0 Å². The average molecular weight is 316 g/mol. The van der Waals surface area contributed by atoms with E-state index in [2.05, 4.69) is 43.1 Å². The summed E-state index contributed by atoms with van der Waals surface area (Å²) in [5, 5.41) is 3.29. The van der Waals surface area contributed by atoms with Crippen molar-refractivity contribution in [2.75, 3.05) is 46.8 Å². The molecule has 1 aliphatic heterocycles. The van der Waals surface area contributed by atoms with Crippen molar-refractivity contribution < 1.29 is 0 Å². The lowest BCUT2D eigenvalue weighted by atomic mass is 10.1. The molecule has 102 valence electrons. The highest BCUT2D eigenvalue weighted by atomic mass is 79.9. The molecule has 2 heterocycles. The van der Waals surface area contributed by atoms with Gasteiger partial charge in [0.15, 0.2) is 0 Å². The molecule has 2 rings (SSSR count). The van der Waals surface area contributed by atoms with E-state index in [1.165, 1.54) is 0 Å². The molecule has 1 aliphatic rings. The van der Waals surface area contributed by atoms with Crippen LogP contribution < -0.4 is 5.32 Å². The topological polar surface area (TPSA) is 36.3 Å². The Morgan fingerprint density at radius 1 is 1.33 bits per heavy atom. The summed E-state index contributed by atoms with van der Waals surface area (Å²) in [6.07, 6.45) is 1.87. The molecule has 1 fully saturated rings. The highest BCUT2D eigenvalue weighted by Gasteiger charge is 2.26. The number of hydrogen-bond donors (Lipinski definition) is 1. The zero-order chi connectivity index (χ0) is 13.1. The van der Waals surface area contributed by atoms with Crippen molar-refractivity contribution in [2.45, 2.75) is 6.04 Å². The largest absolute Gasteiger partial charge is 0.328 e. The van der Waals surface area contributed by atoms with E-state index in [0.29, 0.717) is 6.04 Å². The Morgan fingerprint density at radius 2 is 2.00 bits per heavy atom. The molecule has 1 aromatic heterocycles. The van der Waals surface area contributed by atoms with Crippen LogP contribution >= 0.6 is 15.9 Å². The number of aromatic nitrogens is 2. The van der Waals surface area contributed by atoms with Gasteiger partial charge in [-0.3, -0.25) is 4.90 Å². The molecule has 1 unspecified atom stereocenters. The zero-order valence-electron chi connectivity index (χ0n) is 11.4. The summed E-state index contributed by atoms with van der Waals surface area (Å²) in [7, 11) is 6.20. The first kappa shape index (κ1) is 14.0. The van der Waals surface area contributed by atoms with Crippen molar-refractivity contribution in [3.05, 3.63) is 16.6 Å². The Balaban J connectivity index is 2.15. The first-order chi connectivity index (χ1) is 8.63. The molecule has 18 heavy (non-hydrogen) atoms. The Morgan fingerprint density at radius 3 is 2.50 bits per heavy atom. The first-order valence-corrected chi connectivity index (χ1v) is 7.16. The summed E-state index contributed by atoms with van der Waals surface area (Å²) in [5.41, 5.74) is 1.14. The van der Waals surface area contributed by atoms with E-state index in [-0.39, 0.29) is 0 Å². The molecule has 5 nitrogen and oxygen atoms in total. The standard InChI is InChI=1S/C12H22BrN5/c1-14-8-10(11-12(13)17(3)9-15-11)18-6-4-16(2)5-7-18/h9-10,14H,4-8H2,1-3H3. The number of aryl methyl sites for hydroxylation is 1. The van der Waals surface area contributed by atoms with E-state index in [4.69, 9.17) is 0 Å². The molecule has 0 amide bonds. The van der Waals surface area contributed by atoms with Gasteiger partial charge in [0.05, 0.1) is 18.1 Å². The highest BCUT2D eigenvalue weighted by molar-refractivity contribution is 9.10. The predicted molar refractivity (Wildman–Crippen MR) is 76.6 cm³/mol. The van der Waals surface area contributed by atoms with Gasteiger partial charge < -0.3 is 14.8 Å². The van der Waals surface area contributed by atoms with Crippen LogP contribution in [0.1, 0.15) is 11.7 Å². The average Bonchev–Trinajstić information content (AvgIpc) is 2.69. The van der Waals surface area contributed by atoms with Crippen LogP contribution in [0.4, 0.5) is 0 Å². The molecule has 1 atom stereocenters. The van der Waals surface area contributed by atoms with Gasteiger partial charge in [-0.05, 0) is 30.0 Å². The van der Waals surface area contributed by atoms with E-state index in [0.717, 1.165) is 43.0 Å². The van der Waals surface area contributed by atoms with E-state index < -0.39 is 0 Å². The van der Waals surface area contributed by atoms with Gasteiger partial charge in [-0.1, -0.05) is 0 Å². The van der Waals surface area contributed by atoms with Crippen LogP contribution in [0.5, 0.6) is 0 Å². The van der Waals surface area contributed by atoms with Crippen LogP contribution in [0.3, 0.4) is 0 Å². The van der Waals surface area contributed by atoms with E-state index in [9.17, 15) is 0 Å². The van der Waals surface area contributed by atoms with Gasteiger partial charge in [-0.15, -0.1) is 0 Å². The lowest BCUT2D eigenvalue weighted by Crippen LogP contribution is -2.48. The number of imidazole rings is 1. The van der Waals surface area contributed by atoms with Crippen molar-refractivity contribution in [1.82, 2.24) is 24.7 Å². The van der Waals surface area contributed by atoms with E-state index in [1.54, 1.807) is 0 Å². The summed E-state index contributed by atoms with van der Waals surface area (Å²) in [5.74, 6) is 0. The van der Waals surface area contributed by atoms with Gasteiger partial charge in [-0.25, -0.2) is 4.98 Å². The Bertz CT molecular complexity index is 384. The van der Waals surface area contributed by atoms with Crippen molar-refractivity contribution in [1.29, 1.82) is 0 Å². The maximum atomic E-state index is 4.55. The third-order valence-electron chi connectivity index (χ3n) is 3.58. The second-order valence-electron chi connectivity index (χ2n) is 4.94. The molecule has 0 radical (unpaired) electrons. The van der Waals surface area contributed by atoms with Gasteiger partial charge in [0.2, 0.25) is 0 Å². The molecule has 0 spiro atoms. The minimum Gasteiger partial charge on any atom is -0.328 e. The van der Waals surface area contributed by atoms with Crippen molar-refractivity contribution in [3.63, 3.8) is 0 Å². The third kappa shape index (κ3) is 2.93. The maximum Gasteiger partial charge on any atom is 0.109 e. The second-order valence-corrected chi connectivity index (χ2v) is 5.70. The van der Waals surface area contributed by atoms with Crippen LogP contribution in [0.25, 0.3) is 0 Å². The van der Waals surface area contributed by atoms with Crippen LogP contribution in [-0.4, -0.2) is 66.2 Å². The molecular formula is C12H22BrN5.